The summed E-state index contributed by atoms with van der Waals surface area (Å²) in [5.41, 5.74) is 2.43. The summed E-state index contributed by atoms with van der Waals surface area (Å²) in [6.07, 6.45) is 0.866. The van der Waals surface area contributed by atoms with E-state index in [1.54, 1.807) is 49.4 Å². The van der Waals surface area contributed by atoms with Crippen LogP contribution < -0.4 is 5.32 Å². The van der Waals surface area contributed by atoms with Crippen LogP contribution >= 0.6 is 11.6 Å². The first kappa shape index (κ1) is 24.2. The van der Waals surface area contributed by atoms with Crippen molar-refractivity contribution in [1.29, 1.82) is 0 Å². The second kappa shape index (κ2) is 10.5. The average molecular weight is 479 g/mol. The molecule has 0 radical (unpaired) electrons. The number of hydrogen-bond acceptors (Lipinski definition) is 5. The molecule has 1 amide bonds. The molecule has 1 N–H and O–H groups in total. The number of amides is 1. The zero-order chi connectivity index (χ0) is 23.3. The molecule has 1 saturated heterocycles. The average Bonchev–Trinajstić information content (AvgIpc) is 2.77. The van der Waals surface area contributed by atoms with Gasteiger partial charge in [-0.3, -0.25) is 4.79 Å². The van der Waals surface area contributed by atoms with Gasteiger partial charge in [-0.1, -0.05) is 29.8 Å². The van der Waals surface area contributed by atoms with Gasteiger partial charge >= 0.3 is 5.97 Å². The summed E-state index contributed by atoms with van der Waals surface area (Å²) in [6, 6.07) is 11.8. The molecule has 1 aliphatic rings. The number of nitrogens with zero attached hydrogens (tertiary/aromatic N) is 1. The van der Waals surface area contributed by atoms with Crippen LogP contribution in [-0.2, 0) is 25.3 Å². The van der Waals surface area contributed by atoms with E-state index in [0.717, 1.165) is 5.56 Å². The number of anilines is 1. The van der Waals surface area contributed by atoms with E-state index in [4.69, 9.17) is 16.3 Å². The van der Waals surface area contributed by atoms with Crippen LogP contribution in [0.15, 0.2) is 42.5 Å². The van der Waals surface area contributed by atoms with Crippen LogP contribution in [0.3, 0.4) is 0 Å². The first-order chi connectivity index (χ1) is 15.2. The molecule has 3 rings (SSSR count). The highest BCUT2D eigenvalue weighted by molar-refractivity contribution is 7.88. The smallest absolute Gasteiger partial charge is 0.338 e. The van der Waals surface area contributed by atoms with Crippen molar-refractivity contribution >= 4 is 39.2 Å². The Labute approximate surface area is 193 Å². The predicted molar refractivity (Wildman–Crippen MR) is 124 cm³/mol. The van der Waals surface area contributed by atoms with Crippen molar-refractivity contribution in [2.24, 2.45) is 5.92 Å². The van der Waals surface area contributed by atoms with Crippen LogP contribution in [0.25, 0.3) is 0 Å². The third-order valence-corrected chi connectivity index (χ3v) is 7.59. The number of ether oxygens (including phenoxy) is 1. The Hall–Kier alpha value is -2.42. The van der Waals surface area contributed by atoms with Gasteiger partial charge in [-0.05, 0) is 62.1 Å². The van der Waals surface area contributed by atoms with Crippen molar-refractivity contribution in [3.63, 3.8) is 0 Å². The van der Waals surface area contributed by atoms with Gasteiger partial charge in [-0.15, -0.1) is 0 Å². The lowest BCUT2D eigenvalue weighted by Gasteiger charge is -2.30. The van der Waals surface area contributed by atoms with Crippen molar-refractivity contribution in [2.45, 2.75) is 32.4 Å². The van der Waals surface area contributed by atoms with E-state index in [1.807, 2.05) is 6.92 Å². The highest BCUT2D eigenvalue weighted by Crippen LogP contribution is 2.25. The van der Waals surface area contributed by atoms with Crippen LogP contribution in [-0.4, -0.2) is 44.3 Å². The molecule has 1 aliphatic heterocycles. The number of aryl methyl sites for hydroxylation is 1. The first-order valence-corrected chi connectivity index (χ1v) is 12.5. The summed E-state index contributed by atoms with van der Waals surface area (Å²) in [5.74, 6) is -1.02. The maximum Gasteiger partial charge on any atom is 0.338 e. The lowest BCUT2D eigenvalue weighted by Crippen LogP contribution is -2.41. The number of hydrogen-bond donors (Lipinski definition) is 1. The van der Waals surface area contributed by atoms with Crippen molar-refractivity contribution in [2.75, 3.05) is 25.0 Å². The zero-order valence-electron chi connectivity index (χ0n) is 18.1. The van der Waals surface area contributed by atoms with Crippen molar-refractivity contribution in [1.82, 2.24) is 4.31 Å². The second-order valence-electron chi connectivity index (χ2n) is 7.80. The Balaban J connectivity index is 1.59. The quantitative estimate of drug-likeness (QED) is 0.607. The fourth-order valence-corrected chi connectivity index (χ4v) is 5.30. The van der Waals surface area contributed by atoms with Crippen LogP contribution in [0.1, 0.15) is 41.3 Å². The van der Waals surface area contributed by atoms with Gasteiger partial charge in [0.25, 0.3) is 0 Å². The molecule has 0 aromatic heterocycles. The molecular weight excluding hydrogens is 452 g/mol. The Morgan fingerprint density at radius 2 is 1.78 bits per heavy atom. The molecule has 1 fully saturated rings. The maximum absolute atomic E-state index is 12.8. The SMILES string of the molecule is CCOC(=O)c1ccc(C)c(NC(=O)C2CCN(S(=O)(=O)Cc3ccc(Cl)cc3)CC2)c1. The Bertz CT molecular complexity index is 1080. The van der Waals surface area contributed by atoms with E-state index in [0.29, 0.717) is 34.7 Å². The number of halogens is 1. The van der Waals surface area contributed by atoms with Gasteiger partial charge in [0, 0.05) is 29.7 Å². The molecular formula is C23H27ClN2O5S. The van der Waals surface area contributed by atoms with Crippen molar-refractivity contribution in [3.8, 4) is 0 Å². The molecule has 2 aromatic rings. The predicted octanol–water partition coefficient (Wildman–Crippen LogP) is 4.01. The van der Waals surface area contributed by atoms with Crippen LogP contribution in [0.5, 0.6) is 0 Å². The third-order valence-electron chi connectivity index (χ3n) is 5.49. The molecule has 172 valence electrons. The summed E-state index contributed by atoms with van der Waals surface area (Å²) in [5, 5.41) is 3.45. The first-order valence-electron chi connectivity index (χ1n) is 10.5. The molecule has 1 heterocycles. The fourth-order valence-electron chi connectivity index (χ4n) is 3.61. The molecule has 0 atom stereocenters. The molecule has 0 aliphatic carbocycles. The van der Waals surface area contributed by atoms with Gasteiger partial charge in [0.1, 0.15) is 0 Å². The van der Waals surface area contributed by atoms with E-state index >= 15 is 0 Å². The maximum atomic E-state index is 12.8. The summed E-state index contributed by atoms with van der Waals surface area (Å²) >= 11 is 5.86. The standard InChI is InChI=1S/C23H27ClN2O5S/c1-3-31-23(28)19-7-4-16(2)21(14-19)25-22(27)18-10-12-26(13-11-18)32(29,30)15-17-5-8-20(24)9-6-17/h4-9,14,18H,3,10-13,15H2,1-2H3,(H,25,27). The van der Waals surface area contributed by atoms with Gasteiger partial charge in [-0.2, -0.15) is 0 Å². The highest BCUT2D eigenvalue weighted by Gasteiger charge is 2.31. The molecule has 32 heavy (non-hydrogen) atoms. The van der Waals surface area contributed by atoms with Crippen molar-refractivity contribution in [3.05, 3.63) is 64.2 Å². The molecule has 0 saturated carbocycles. The van der Waals surface area contributed by atoms with Crippen LogP contribution in [0.2, 0.25) is 5.02 Å². The lowest BCUT2D eigenvalue weighted by atomic mass is 9.97. The number of carbonyl (C=O) groups excluding carboxylic acids is 2. The monoisotopic (exact) mass is 478 g/mol. The summed E-state index contributed by atoms with van der Waals surface area (Å²) in [7, 11) is -3.48. The number of carbonyl (C=O) groups is 2. The molecule has 9 heteroatoms. The van der Waals surface area contributed by atoms with E-state index in [-0.39, 0.29) is 37.3 Å². The van der Waals surface area contributed by atoms with Gasteiger partial charge in [0.05, 0.1) is 17.9 Å². The number of piperidine rings is 1. The number of benzene rings is 2. The zero-order valence-corrected chi connectivity index (χ0v) is 19.7. The van der Waals surface area contributed by atoms with E-state index in [2.05, 4.69) is 5.32 Å². The number of nitrogens with one attached hydrogen (secondary N) is 1. The fraction of sp³-hybridized carbons (Fsp3) is 0.391. The van der Waals surface area contributed by atoms with Crippen LogP contribution in [0, 0.1) is 12.8 Å². The van der Waals surface area contributed by atoms with Crippen molar-refractivity contribution < 1.29 is 22.7 Å². The van der Waals surface area contributed by atoms with Crippen LogP contribution in [0.4, 0.5) is 5.69 Å². The largest absolute Gasteiger partial charge is 0.462 e. The second-order valence-corrected chi connectivity index (χ2v) is 10.2. The molecule has 0 unspecified atom stereocenters. The molecule has 2 aromatic carbocycles. The van der Waals surface area contributed by atoms with E-state index in [9.17, 15) is 18.0 Å². The lowest BCUT2D eigenvalue weighted by molar-refractivity contribution is -0.120. The highest BCUT2D eigenvalue weighted by atomic mass is 35.5. The summed E-state index contributed by atoms with van der Waals surface area (Å²) in [6.45, 7) is 4.42. The Morgan fingerprint density at radius 3 is 2.41 bits per heavy atom. The molecule has 0 spiro atoms. The van der Waals surface area contributed by atoms with Gasteiger partial charge in [0.15, 0.2) is 0 Å². The minimum Gasteiger partial charge on any atom is -0.462 e. The normalized spacial score (nSPS) is 15.3. The minimum absolute atomic E-state index is 0.0964. The Kier molecular flexibility index (Phi) is 7.92. The number of sulfonamides is 1. The van der Waals surface area contributed by atoms with Gasteiger partial charge in [-0.25, -0.2) is 17.5 Å². The minimum atomic E-state index is -3.48. The summed E-state index contributed by atoms with van der Waals surface area (Å²) in [4.78, 5) is 24.8. The third kappa shape index (κ3) is 6.09. The van der Waals surface area contributed by atoms with Gasteiger partial charge in [0.2, 0.25) is 15.9 Å². The molecule has 0 bridgehead atoms. The number of esters is 1. The Morgan fingerprint density at radius 1 is 1.12 bits per heavy atom. The van der Waals surface area contributed by atoms with E-state index < -0.39 is 16.0 Å². The number of rotatable bonds is 7. The topological polar surface area (TPSA) is 92.8 Å². The molecule has 7 nitrogen and oxygen atoms in total. The van der Waals surface area contributed by atoms with E-state index in [1.165, 1.54) is 4.31 Å². The summed E-state index contributed by atoms with van der Waals surface area (Å²) < 4.78 is 32.0. The van der Waals surface area contributed by atoms with Gasteiger partial charge < -0.3 is 10.1 Å².